The number of aliphatic hydroxyl groups is 1. The lowest BCUT2D eigenvalue weighted by Gasteiger charge is -2.33. The Labute approximate surface area is 171 Å². The molecular weight excluding hydrogens is 382 g/mol. The Balaban J connectivity index is 3.26. The maximum absolute atomic E-state index is 13.7. The fourth-order valence-electron chi connectivity index (χ4n) is 2.95. The number of esters is 2. The summed E-state index contributed by atoms with van der Waals surface area (Å²) in [6, 6.07) is 6.95. The number of halogens is 2. The van der Waals surface area contributed by atoms with Crippen molar-refractivity contribution in [1.82, 2.24) is 0 Å². The number of methoxy groups -OCH3 is 1. The van der Waals surface area contributed by atoms with Crippen LogP contribution in [0.3, 0.4) is 0 Å². The number of ether oxygens (including phenoxy) is 2. The minimum Gasteiger partial charge on any atom is -0.469 e. The van der Waals surface area contributed by atoms with Gasteiger partial charge in [0.05, 0.1) is 18.4 Å². The summed E-state index contributed by atoms with van der Waals surface area (Å²) in [5.41, 5.74) is -0.815. The Bertz CT molecular complexity index is 711. The number of rotatable bonds is 9. The monoisotopic (exact) mass is 414 g/mol. The van der Waals surface area contributed by atoms with E-state index in [-0.39, 0.29) is 18.3 Å². The standard InChI is InChI=1S/C22H32F2O5/c1-15(18(26)28-6)12-16-8-7-9-17(13-16)21(5,10-11-22(23,24)14-25)19(27)29-20(2,3)4/h7-9,13,15,25H,10-12,14H2,1-6H3/t15-,21?/m1/s1. The van der Waals surface area contributed by atoms with Crippen LogP contribution in [0.4, 0.5) is 8.78 Å². The minimum atomic E-state index is -3.29. The molecule has 0 saturated carbocycles. The summed E-state index contributed by atoms with van der Waals surface area (Å²) in [4.78, 5) is 24.7. The van der Waals surface area contributed by atoms with Crippen molar-refractivity contribution in [3.8, 4) is 0 Å². The molecule has 0 bridgehead atoms. The van der Waals surface area contributed by atoms with Crippen LogP contribution in [-0.4, -0.2) is 42.3 Å². The van der Waals surface area contributed by atoms with Gasteiger partial charge in [0.15, 0.2) is 0 Å². The lowest BCUT2D eigenvalue weighted by molar-refractivity contribution is -0.163. The van der Waals surface area contributed by atoms with E-state index >= 15 is 0 Å². The molecule has 2 atom stereocenters. The maximum atomic E-state index is 13.7. The summed E-state index contributed by atoms with van der Waals surface area (Å²) >= 11 is 0. The van der Waals surface area contributed by atoms with Crippen LogP contribution in [0, 0.1) is 5.92 Å². The number of benzene rings is 1. The molecule has 7 heteroatoms. The normalized spacial score (nSPS) is 15.3. The maximum Gasteiger partial charge on any atom is 0.316 e. The second kappa shape index (κ2) is 9.65. The zero-order chi connectivity index (χ0) is 22.5. The molecule has 0 amide bonds. The number of hydrogen-bond donors (Lipinski definition) is 1. The van der Waals surface area contributed by atoms with Gasteiger partial charge in [0.2, 0.25) is 0 Å². The van der Waals surface area contributed by atoms with Crippen LogP contribution >= 0.6 is 0 Å². The van der Waals surface area contributed by atoms with Crippen molar-refractivity contribution >= 4 is 11.9 Å². The van der Waals surface area contributed by atoms with Gasteiger partial charge in [0, 0.05) is 6.42 Å². The van der Waals surface area contributed by atoms with E-state index < -0.39 is 35.9 Å². The Morgan fingerprint density at radius 3 is 2.28 bits per heavy atom. The summed E-state index contributed by atoms with van der Waals surface area (Å²) in [6.07, 6.45) is -0.481. The van der Waals surface area contributed by atoms with Crippen molar-refractivity contribution in [2.75, 3.05) is 13.7 Å². The van der Waals surface area contributed by atoms with Crippen molar-refractivity contribution < 1.29 is 33.0 Å². The molecule has 0 spiro atoms. The van der Waals surface area contributed by atoms with E-state index in [4.69, 9.17) is 14.6 Å². The third-order valence-corrected chi connectivity index (χ3v) is 4.78. The Morgan fingerprint density at radius 2 is 1.76 bits per heavy atom. The van der Waals surface area contributed by atoms with Crippen molar-refractivity contribution in [3.63, 3.8) is 0 Å². The van der Waals surface area contributed by atoms with E-state index in [2.05, 4.69) is 0 Å². The van der Waals surface area contributed by atoms with Crippen molar-refractivity contribution in [2.24, 2.45) is 5.92 Å². The third-order valence-electron chi connectivity index (χ3n) is 4.78. The van der Waals surface area contributed by atoms with Gasteiger partial charge in [-0.3, -0.25) is 9.59 Å². The van der Waals surface area contributed by atoms with E-state index in [1.54, 1.807) is 58.9 Å². The molecule has 0 aromatic heterocycles. The average molecular weight is 414 g/mol. The van der Waals surface area contributed by atoms with Crippen molar-refractivity contribution in [2.45, 2.75) is 70.8 Å². The lowest BCUT2D eigenvalue weighted by atomic mass is 9.76. The molecule has 0 aliphatic carbocycles. The predicted octanol–water partition coefficient (Wildman–Crippen LogP) is 4.05. The molecule has 1 aromatic rings. The van der Waals surface area contributed by atoms with Gasteiger partial charge in [0.25, 0.3) is 5.92 Å². The van der Waals surface area contributed by atoms with Gasteiger partial charge in [-0.1, -0.05) is 31.2 Å². The van der Waals surface area contributed by atoms with Gasteiger partial charge in [-0.15, -0.1) is 0 Å². The largest absolute Gasteiger partial charge is 0.469 e. The first-order valence-corrected chi connectivity index (χ1v) is 9.63. The molecule has 29 heavy (non-hydrogen) atoms. The van der Waals surface area contributed by atoms with E-state index in [1.807, 2.05) is 0 Å². The minimum absolute atomic E-state index is 0.203. The molecule has 0 radical (unpaired) electrons. The van der Waals surface area contributed by atoms with Crippen LogP contribution in [0.5, 0.6) is 0 Å². The highest BCUT2D eigenvalue weighted by molar-refractivity contribution is 5.83. The topological polar surface area (TPSA) is 72.8 Å². The quantitative estimate of drug-likeness (QED) is 0.618. The molecule has 0 saturated heterocycles. The SMILES string of the molecule is COC(=O)[C@H](C)Cc1cccc(C(C)(CCC(F)(F)CO)C(=O)OC(C)(C)C)c1. The van der Waals surface area contributed by atoms with Gasteiger partial charge in [-0.25, -0.2) is 8.78 Å². The molecule has 0 aliphatic heterocycles. The first-order valence-electron chi connectivity index (χ1n) is 9.63. The highest BCUT2D eigenvalue weighted by Crippen LogP contribution is 2.36. The number of alkyl halides is 2. The molecule has 0 aliphatic rings. The second-order valence-electron chi connectivity index (χ2n) is 8.68. The molecule has 164 valence electrons. The fourth-order valence-corrected chi connectivity index (χ4v) is 2.95. The van der Waals surface area contributed by atoms with Gasteiger partial charge in [-0.2, -0.15) is 0 Å². The van der Waals surface area contributed by atoms with Crippen LogP contribution in [0.1, 0.15) is 58.6 Å². The molecule has 1 unspecified atom stereocenters. The summed E-state index contributed by atoms with van der Waals surface area (Å²) in [5.74, 6) is -4.65. The van der Waals surface area contributed by atoms with Crippen LogP contribution < -0.4 is 0 Å². The molecule has 1 aromatic carbocycles. The molecule has 1 N–H and O–H groups in total. The van der Waals surface area contributed by atoms with Crippen LogP contribution in [0.25, 0.3) is 0 Å². The Hall–Kier alpha value is -2.02. The van der Waals surface area contributed by atoms with E-state index in [0.717, 1.165) is 5.56 Å². The molecular formula is C22H32F2O5. The number of hydrogen-bond acceptors (Lipinski definition) is 5. The Morgan fingerprint density at radius 1 is 1.14 bits per heavy atom. The summed E-state index contributed by atoms with van der Waals surface area (Å²) in [5, 5.41) is 8.90. The number of carbonyl (C=O) groups excluding carboxylic acids is 2. The van der Waals surface area contributed by atoms with Crippen LogP contribution in [0.15, 0.2) is 24.3 Å². The van der Waals surface area contributed by atoms with Gasteiger partial charge < -0.3 is 14.6 Å². The van der Waals surface area contributed by atoms with Gasteiger partial charge >= 0.3 is 11.9 Å². The first-order chi connectivity index (χ1) is 13.2. The summed E-state index contributed by atoms with van der Waals surface area (Å²) in [7, 11) is 1.32. The fraction of sp³-hybridized carbons (Fsp3) is 0.636. The number of carbonyl (C=O) groups is 2. The summed E-state index contributed by atoms with van der Waals surface area (Å²) in [6.45, 7) is 7.14. The third kappa shape index (κ3) is 7.38. The molecule has 0 fully saturated rings. The number of aliphatic hydroxyl groups excluding tert-OH is 1. The van der Waals surface area contributed by atoms with Crippen molar-refractivity contribution in [3.05, 3.63) is 35.4 Å². The van der Waals surface area contributed by atoms with Gasteiger partial charge in [0.1, 0.15) is 12.2 Å². The molecule has 0 heterocycles. The highest BCUT2D eigenvalue weighted by Gasteiger charge is 2.42. The lowest BCUT2D eigenvalue weighted by Crippen LogP contribution is -2.40. The van der Waals surface area contributed by atoms with E-state index in [1.165, 1.54) is 7.11 Å². The predicted molar refractivity (Wildman–Crippen MR) is 106 cm³/mol. The smallest absolute Gasteiger partial charge is 0.316 e. The summed E-state index contributed by atoms with van der Waals surface area (Å²) < 4.78 is 37.7. The van der Waals surface area contributed by atoms with E-state index in [0.29, 0.717) is 12.0 Å². The van der Waals surface area contributed by atoms with Gasteiger partial charge in [-0.05, 0) is 51.7 Å². The highest BCUT2D eigenvalue weighted by atomic mass is 19.3. The molecule has 1 rings (SSSR count). The van der Waals surface area contributed by atoms with Crippen molar-refractivity contribution in [1.29, 1.82) is 0 Å². The van der Waals surface area contributed by atoms with Crippen LogP contribution in [-0.2, 0) is 30.9 Å². The van der Waals surface area contributed by atoms with Crippen LogP contribution in [0.2, 0.25) is 0 Å². The van der Waals surface area contributed by atoms with E-state index in [9.17, 15) is 18.4 Å². The Kier molecular flexibility index (Phi) is 8.33. The zero-order valence-electron chi connectivity index (χ0n) is 18.1. The second-order valence-corrected chi connectivity index (χ2v) is 8.68. The first kappa shape index (κ1) is 25.0. The zero-order valence-corrected chi connectivity index (χ0v) is 18.1. The average Bonchev–Trinajstić information content (AvgIpc) is 2.64. The molecule has 5 nitrogen and oxygen atoms in total.